The third-order valence-electron chi connectivity index (χ3n) is 7.60. The number of benzene rings is 2. The van der Waals surface area contributed by atoms with Crippen LogP contribution < -0.4 is 16.4 Å². The minimum Gasteiger partial charge on any atom is -0.508 e. The van der Waals surface area contributed by atoms with E-state index >= 15 is 0 Å². The standard InChI is InChI=1S/C31H39N5O6/c1-18(2)14-26(30(40)36-13-5-8-27(36)31(41)42)35-29(39)25(16-20-17-33-24-7-4-3-6-22(20)24)34-28(38)23(32)15-19-9-11-21(37)12-10-19/h3-4,6-7,9-12,17-18,23,25-27,33,37H,5,8,13-16,32H2,1-2H3,(H,34,38)(H,35,39)(H,41,42). The van der Waals surface area contributed by atoms with E-state index < -0.39 is 47.9 Å². The quantitative estimate of drug-likeness (QED) is 0.191. The van der Waals surface area contributed by atoms with Gasteiger partial charge in [0, 0.05) is 30.1 Å². The van der Waals surface area contributed by atoms with Crippen LogP contribution in [0.4, 0.5) is 0 Å². The predicted molar refractivity (Wildman–Crippen MR) is 157 cm³/mol. The maximum atomic E-state index is 13.8. The number of amides is 3. The lowest BCUT2D eigenvalue weighted by Crippen LogP contribution is -2.58. The van der Waals surface area contributed by atoms with Crippen LogP contribution in [0.25, 0.3) is 10.9 Å². The zero-order valence-electron chi connectivity index (χ0n) is 23.9. The highest BCUT2D eigenvalue weighted by Gasteiger charge is 2.38. The van der Waals surface area contributed by atoms with Crippen molar-refractivity contribution in [3.05, 3.63) is 65.9 Å². The molecule has 11 heteroatoms. The van der Waals surface area contributed by atoms with Crippen LogP contribution in [0.2, 0.25) is 0 Å². The molecule has 4 rings (SSSR count). The third kappa shape index (κ3) is 7.47. The number of aromatic nitrogens is 1. The first kappa shape index (κ1) is 30.6. The molecule has 1 aliphatic heterocycles. The maximum absolute atomic E-state index is 13.8. The first-order chi connectivity index (χ1) is 20.0. The summed E-state index contributed by atoms with van der Waals surface area (Å²) in [4.78, 5) is 56.8. The number of carboxylic acid groups (broad SMARTS) is 1. The highest BCUT2D eigenvalue weighted by atomic mass is 16.4. The molecule has 4 atom stereocenters. The highest BCUT2D eigenvalue weighted by molar-refractivity contribution is 5.95. The smallest absolute Gasteiger partial charge is 0.326 e. The number of rotatable bonds is 12. The third-order valence-corrected chi connectivity index (χ3v) is 7.60. The van der Waals surface area contributed by atoms with Crippen molar-refractivity contribution in [2.45, 2.75) is 70.1 Å². The number of carbonyl (C=O) groups excluding carboxylic acids is 3. The van der Waals surface area contributed by atoms with E-state index in [0.717, 1.165) is 22.0 Å². The molecule has 1 fully saturated rings. The number of carboxylic acids is 1. The van der Waals surface area contributed by atoms with Crippen molar-refractivity contribution in [1.82, 2.24) is 20.5 Å². The van der Waals surface area contributed by atoms with Gasteiger partial charge in [-0.3, -0.25) is 14.4 Å². The molecule has 0 radical (unpaired) electrons. The zero-order chi connectivity index (χ0) is 30.4. The summed E-state index contributed by atoms with van der Waals surface area (Å²) < 4.78 is 0. The fourth-order valence-corrected chi connectivity index (χ4v) is 5.44. The number of para-hydroxylation sites is 1. The van der Waals surface area contributed by atoms with E-state index in [2.05, 4.69) is 15.6 Å². The van der Waals surface area contributed by atoms with E-state index in [1.165, 1.54) is 17.0 Å². The van der Waals surface area contributed by atoms with E-state index in [4.69, 9.17) is 5.73 Å². The summed E-state index contributed by atoms with van der Waals surface area (Å²) in [5.74, 6) is -2.48. The van der Waals surface area contributed by atoms with Crippen LogP contribution in [-0.4, -0.2) is 74.5 Å². The Bertz CT molecular complexity index is 1420. The second-order valence-corrected chi connectivity index (χ2v) is 11.3. The van der Waals surface area contributed by atoms with Crippen LogP contribution in [-0.2, 0) is 32.0 Å². The molecule has 4 unspecified atom stereocenters. The lowest BCUT2D eigenvalue weighted by molar-refractivity contribution is -0.149. The van der Waals surface area contributed by atoms with Gasteiger partial charge in [-0.2, -0.15) is 0 Å². The summed E-state index contributed by atoms with van der Waals surface area (Å²) in [6, 6.07) is 10.0. The molecule has 11 nitrogen and oxygen atoms in total. The number of aliphatic carboxylic acids is 1. The Morgan fingerprint density at radius 3 is 2.38 bits per heavy atom. The van der Waals surface area contributed by atoms with Gasteiger partial charge in [0.2, 0.25) is 17.7 Å². The van der Waals surface area contributed by atoms with Crippen LogP contribution in [0.15, 0.2) is 54.7 Å². The van der Waals surface area contributed by atoms with E-state index in [1.54, 1.807) is 18.3 Å². The van der Waals surface area contributed by atoms with Gasteiger partial charge in [0.05, 0.1) is 6.04 Å². The lowest BCUT2D eigenvalue weighted by atomic mass is 9.99. The Hall–Kier alpha value is -4.38. The summed E-state index contributed by atoms with van der Waals surface area (Å²) in [7, 11) is 0. The average molecular weight is 578 g/mol. The minimum atomic E-state index is -1.07. The van der Waals surface area contributed by atoms with Gasteiger partial charge in [-0.25, -0.2) is 4.79 Å². The molecule has 2 aromatic carbocycles. The van der Waals surface area contributed by atoms with Crippen molar-refractivity contribution < 1.29 is 29.4 Å². The van der Waals surface area contributed by atoms with E-state index in [1.807, 2.05) is 38.1 Å². The number of aromatic amines is 1. The summed E-state index contributed by atoms with van der Waals surface area (Å²) in [6.45, 7) is 4.14. The molecule has 1 aliphatic rings. The van der Waals surface area contributed by atoms with Gasteiger partial charge in [-0.1, -0.05) is 44.2 Å². The molecule has 3 amide bonds. The van der Waals surface area contributed by atoms with Crippen molar-refractivity contribution in [2.75, 3.05) is 6.54 Å². The van der Waals surface area contributed by atoms with E-state index in [0.29, 0.717) is 25.8 Å². The number of phenolic OH excluding ortho intramolecular Hbond substituents is 1. The van der Waals surface area contributed by atoms with Gasteiger partial charge in [-0.05, 0) is 60.9 Å². The largest absolute Gasteiger partial charge is 0.508 e. The van der Waals surface area contributed by atoms with Gasteiger partial charge in [-0.15, -0.1) is 0 Å². The van der Waals surface area contributed by atoms with E-state index in [9.17, 15) is 29.4 Å². The predicted octanol–water partition coefficient (Wildman–Crippen LogP) is 2.08. The molecule has 0 bridgehead atoms. The summed E-state index contributed by atoms with van der Waals surface area (Å²) in [5.41, 5.74) is 8.64. The molecular weight excluding hydrogens is 538 g/mol. The molecule has 2 heterocycles. The Balaban J connectivity index is 1.56. The van der Waals surface area contributed by atoms with Crippen LogP contribution in [0.5, 0.6) is 5.75 Å². The summed E-state index contributed by atoms with van der Waals surface area (Å²) in [6.07, 6.45) is 3.35. The Morgan fingerprint density at radius 2 is 1.69 bits per heavy atom. The van der Waals surface area contributed by atoms with Crippen LogP contribution in [0, 0.1) is 5.92 Å². The monoisotopic (exact) mass is 577 g/mol. The number of fused-ring (bicyclic) bond motifs is 1. The fraction of sp³-hybridized carbons (Fsp3) is 0.419. The molecular formula is C31H39N5O6. The number of aromatic hydroxyl groups is 1. The molecule has 7 N–H and O–H groups in total. The SMILES string of the molecule is CC(C)CC(NC(=O)C(Cc1c[nH]c2ccccc12)NC(=O)C(N)Cc1ccc(O)cc1)C(=O)N1CCCC1C(=O)O. The number of nitrogens with zero attached hydrogens (tertiary/aromatic N) is 1. The number of phenols is 1. The fourth-order valence-electron chi connectivity index (χ4n) is 5.44. The van der Waals surface area contributed by atoms with Crippen molar-refractivity contribution >= 4 is 34.6 Å². The Kier molecular flexibility index (Phi) is 9.84. The molecule has 1 saturated heterocycles. The Morgan fingerprint density at radius 1 is 1.00 bits per heavy atom. The minimum absolute atomic E-state index is 0.0329. The Labute approximate surface area is 244 Å². The zero-order valence-corrected chi connectivity index (χ0v) is 23.9. The molecule has 42 heavy (non-hydrogen) atoms. The number of nitrogens with one attached hydrogen (secondary N) is 3. The van der Waals surface area contributed by atoms with Crippen molar-refractivity contribution in [3.8, 4) is 5.75 Å². The number of hydrogen-bond acceptors (Lipinski definition) is 6. The second kappa shape index (κ2) is 13.5. The maximum Gasteiger partial charge on any atom is 0.326 e. The van der Waals surface area contributed by atoms with Gasteiger partial charge < -0.3 is 36.5 Å². The van der Waals surface area contributed by atoms with Crippen molar-refractivity contribution in [3.63, 3.8) is 0 Å². The topological polar surface area (TPSA) is 178 Å². The number of hydrogen-bond donors (Lipinski definition) is 6. The molecule has 0 saturated carbocycles. The number of likely N-dealkylation sites (tertiary alicyclic amines) is 1. The second-order valence-electron chi connectivity index (χ2n) is 11.3. The molecule has 3 aromatic rings. The summed E-state index contributed by atoms with van der Waals surface area (Å²) >= 11 is 0. The number of H-pyrrole nitrogens is 1. The van der Waals surface area contributed by atoms with Gasteiger partial charge in [0.25, 0.3) is 0 Å². The molecule has 0 spiro atoms. The number of carbonyl (C=O) groups is 4. The highest BCUT2D eigenvalue weighted by Crippen LogP contribution is 2.22. The normalized spacial score (nSPS) is 17.1. The number of nitrogens with two attached hydrogens (primary N) is 1. The van der Waals surface area contributed by atoms with Gasteiger partial charge >= 0.3 is 5.97 Å². The first-order valence-electron chi connectivity index (χ1n) is 14.3. The molecule has 0 aliphatic carbocycles. The molecule has 224 valence electrons. The summed E-state index contributed by atoms with van der Waals surface area (Å²) in [5, 5.41) is 25.7. The van der Waals surface area contributed by atoms with Crippen LogP contribution >= 0.6 is 0 Å². The average Bonchev–Trinajstić information content (AvgIpc) is 3.61. The van der Waals surface area contributed by atoms with Crippen LogP contribution in [0.3, 0.4) is 0 Å². The van der Waals surface area contributed by atoms with E-state index in [-0.39, 0.29) is 24.5 Å². The molecule has 1 aromatic heterocycles. The van der Waals surface area contributed by atoms with Crippen LogP contribution in [0.1, 0.15) is 44.2 Å². The first-order valence-corrected chi connectivity index (χ1v) is 14.3. The van der Waals surface area contributed by atoms with Gasteiger partial charge in [0.1, 0.15) is 23.9 Å². The van der Waals surface area contributed by atoms with Gasteiger partial charge in [0.15, 0.2) is 0 Å². The van der Waals surface area contributed by atoms with Crippen molar-refractivity contribution in [2.24, 2.45) is 11.7 Å². The lowest BCUT2D eigenvalue weighted by Gasteiger charge is -2.29. The van der Waals surface area contributed by atoms with Crippen molar-refractivity contribution in [1.29, 1.82) is 0 Å².